The molecule has 2 bridgehead atoms. The predicted octanol–water partition coefficient (Wildman–Crippen LogP) is 5.38. The maximum Gasteiger partial charge on any atom is 0.280 e. The Balaban J connectivity index is 1.37. The van der Waals surface area contributed by atoms with Crippen LogP contribution in [0.2, 0.25) is 0 Å². The molecule has 1 N–H and O–H groups in total. The Morgan fingerprint density at radius 1 is 1.15 bits per heavy atom. The Morgan fingerprint density at radius 3 is 2.80 bits per heavy atom. The molecule has 2 aliphatic heterocycles. The molecule has 3 aromatic rings. The smallest absolute Gasteiger partial charge is 0.280 e. The number of amides is 1. The zero-order valence-corrected chi connectivity index (χ0v) is 24.4. The van der Waals surface area contributed by atoms with Gasteiger partial charge in [0.2, 0.25) is 11.8 Å². The minimum absolute atomic E-state index is 0.301. The number of ether oxygens (including phenoxy) is 1. The van der Waals surface area contributed by atoms with Crippen molar-refractivity contribution in [1.29, 1.82) is 0 Å². The maximum atomic E-state index is 13.7. The van der Waals surface area contributed by atoms with E-state index in [2.05, 4.69) is 69.7 Å². The summed E-state index contributed by atoms with van der Waals surface area (Å²) in [7, 11) is 6.05. The van der Waals surface area contributed by atoms with Gasteiger partial charge in [0.25, 0.3) is 5.91 Å². The van der Waals surface area contributed by atoms with Crippen LogP contribution in [-0.2, 0) is 7.05 Å². The Labute approximate surface area is 241 Å². The first-order chi connectivity index (χ1) is 19.9. The number of aliphatic imine (C=N–C) groups is 1. The molecule has 214 valence electrons. The fraction of sp³-hybridized carbons (Fsp3) is 0.438. The van der Waals surface area contributed by atoms with E-state index in [0.717, 1.165) is 60.5 Å². The summed E-state index contributed by atoms with van der Waals surface area (Å²) in [6.07, 6.45) is 11.6. The highest BCUT2D eigenvalue weighted by atomic mass is 16.5. The molecule has 0 radical (unpaired) electrons. The molecule has 2 aromatic heterocycles. The average Bonchev–Trinajstić information content (AvgIpc) is 3.65. The number of nitrogens with one attached hydrogen (secondary N) is 1. The number of anilines is 2. The molecule has 1 aliphatic carbocycles. The number of pyridine rings is 1. The number of carbonyl (C=O) groups excluding carboxylic acids is 1. The SMILES string of the molecule is Cc1cc2cc(n1)-c1cnn(C)c1OCCC[C@@H](C1CC1)CN1/C(=N/C2=O)Nc2ccc(/C=C/CCN(C)C)cc21. The topological polar surface area (TPSA) is 87.9 Å². The fourth-order valence-electron chi connectivity index (χ4n) is 5.77. The van der Waals surface area contributed by atoms with Gasteiger partial charge >= 0.3 is 0 Å². The van der Waals surface area contributed by atoms with Crippen LogP contribution in [0, 0.1) is 18.8 Å². The molecule has 9 nitrogen and oxygen atoms in total. The van der Waals surface area contributed by atoms with Crippen molar-refractivity contribution in [3.05, 3.63) is 59.4 Å². The van der Waals surface area contributed by atoms with E-state index in [9.17, 15) is 4.79 Å². The van der Waals surface area contributed by atoms with Crippen molar-refractivity contribution >= 4 is 29.3 Å². The first-order valence-corrected chi connectivity index (χ1v) is 14.6. The first kappa shape index (κ1) is 27.2. The van der Waals surface area contributed by atoms with Crippen LogP contribution in [0.5, 0.6) is 5.88 Å². The number of guanidine groups is 1. The lowest BCUT2D eigenvalue weighted by Crippen LogP contribution is -2.36. The second-order valence-electron chi connectivity index (χ2n) is 11.7. The molecule has 1 atom stereocenters. The molecule has 9 heteroatoms. The molecule has 0 unspecified atom stereocenters. The van der Waals surface area contributed by atoms with Crippen LogP contribution in [0.3, 0.4) is 0 Å². The van der Waals surface area contributed by atoms with E-state index >= 15 is 0 Å². The number of fused-ring (bicyclic) bond motifs is 7. The van der Waals surface area contributed by atoms with Crippen molar-refractivity contribution in [2.75, 3.05) is 44.0 Å². The predicted molar refractivity (Wildman–Crippen MR) is 164 cm³/mol. The van der Waals surface area contributed by atoms with Crippen molar-refractivity contribution in [3.63, 3.8) is 0 Å². The van der Waals surface area contributed by atoms with Gasteiger partial charge in [0.15, 0.2) is 0 Å². The van der Waals surface area contributed by atoms with Crippen LogP contribution in [0.1, 0.15) is 53.7 Å². The second kappa shape index (κ2) is 11.5. The summed E-state index contributed by atoms with van der Waals surface area (Å²) in [6, 6.07) is 10.0. The molecule has 1 fully saturated rings. The van der Waals surface area contributed by atoms with Gasteiger partial charge in [-0.15, -0.1) is 0 Å². The normalized spacial score (nSPS) is 20.4. The van der Waals surface area contributed by atoms with Crippen molar-refractivity contribution in [2.24, 2.45) is 23.9 Å². The lowest BCUT2D eigenvalue weighted by Gasteiger charge is -2.25. The number of benzene rings is 1. The number of hydrogen-bond donors (Lipinski definition) is 1. The van der Waals surface area contributed by atoms with Crippen LogP contribution < -0.4 is 15.0 Å². The third-order valence-electron chi connectivity index (χ3n) is 8.10. The molecular formula is C32H39N7O2. The zero-order chi connectivity index (χ0) is 28.5. The van der Waals surface area contributed by atoms with Gasteiger partial charge in [0.1, 0.15) is 0 Å². The summed E-state index contributed by atoms with van der Waals surface area (Å²) in [6.45, 7) is 4.31. The van der Waals surface area contributed by atoms with Gasteiger partial charge in [-0.3, -0.25) is 9.78 Å². The molecule has 1 amide bonds. The second-order valence-corrected chi connectivity index (χ2v) is 11.7. The van der Waals surface area contributed by atoms with E-state index in [4.69, 9.17) is 9.72 Å². The fourth-order valence-corrected chi connectivity index (χ4v) is 5.77. The van der Waals surface area contributed by atoms with Crippen molar-refractivity contribution in [1.82, 2.24) is 19.7 Å². The van der Waals surface area contributed by atoms with E-state index < -0.39 is 0 Å². The van der Waals surface area contributed by atoms with E-state index in [-0.39, 0.29) is 5.91 Å². The average molecular weight is 554 g/mol. The standard InChI is InChI=1S/C32H39N7O2/c1-21-16-25-18-28(34-21)26-19-33-38(4)31(26)41-15-7-9-24(23-11-12-23)20-39-29-17-22(8-5-6-14-37(2)3)10-13-27(29)35-32(39)36-30(25)40/h5,8,10,13,16-19,23-24H,6-7,9,11-12,14-15,20H2,1-4H3,(H,35,36,40)/b8-5+/t24-/m1/s1. The number of nitrogens with zero attached hydrogens (tertiary/aromatic N) is 6. The monoisotopic (exact) mass is 553 g/mol. The quantitative estimate of drug-likeness (QED) is 0.454. The van der Waals surface area contributed by atoms with Crippen LogP contribution in [-0.4, -0.2) is 65.3 Å². The van der Waals surface area contributed by atoms with Gasteiger partial charge in [0.05, 0.1) is 35.4 Å². The van der Waals surface area contributed by atoms with E-state index in [1.54, 1.807) is 23.0 Å². The minimum Gasteiger partial charge on any atom is -0.477 e. The van der Waals surface area contributed by atoms with Crippen molar-refractivity contribution in [2.45, 2.75) is 39.0 Å². The number of aryl methyl sites for hydroxylation is 2. The van der Waals surface area contributed by atoms with Crippen LogP contribution in [0.15, 0.2) is 47.6 Å². The third-order valence-corrected chi connectivity index (χ3v) is 8.10. The molecule has 1 aromatic carbocycles. The first-order valence-electron chi connectivity index (χ1n) is 14.6. The van der Waals surface area contributed by atoms with Gasteiger partial charge in [-0.2, -0.15) is 10.1 Å². The highest BCUT2D eigenvalue weighted by Crippen LogP contribution is 2.42. The molecule has 0 saturated heterocycles. The summed E-state index contributed by atoms with van der Waals surface area (Å²) >= 11 is 0. The van der Waals surface area contributed by atoms with E-state index in [0.29, 0.717) is 41.5 Å². The van der Waals surface area contributed by atoms with Gasteiger partial charge in [0, 0.05) is 31.4 Å². The lowest BCUT2D eigenvalue weighted by atomic mass is 9.97. The van der Waals surface area contributed by atoms with Gasteiger partial charge in [-0.25, -0.2) is 4.68 Å². The van der Waals surface area contributed by atoms with Crippen LogP contribution in [0.4, 0.5) is 11.4 Å². The zero-order valence-electron chi connectivity index (χ0n) is 24.4. The Bertz CT molecular complexity index is 1500. The summed E-state index contributed by atoms with van der Waals surface area (Å²) in [5.74, 6) is 2.13. The van der Waals surface area contributed by atoms with Crippen LogP contribution in [0.25, 0.3) is 17.3 Å². The van der Waals surface area contributed by atoms with Crippen molar-refractivity contribution < 1.29 is 9.53 Å². The summed E-state index contributed by atoms with van der Waals surface area (Å²) < 4.78 is 8.01. The van der Waals surface area contributed by atoms with Crippen LogP contribution >= 0.6 is 0 Å². The Morgan fingerprint density at radius 2 is 2.00 bits per heavy atom. The molecular weight excluding hydrogens is 514 g/mol. The molecule has 6 rings (SSSR count). The molecule has 41 heavy (non-hydrogen) atoms. The summed E-state index contributed by atoms with van der Waals surface area (Å²) in [5.41, 5.74) is 5.87. The Kier molecular flexibility index (Phi) is 7.62. The molecule has 0 spiro atoms. The minimum atomic E-state index is -0.301. The maximum absolute atomic E-state index is 13.7. The number of carbonyl (C=O) groups is 1. The third kappa shape index (κ3) is 6.05. The number of rotatable bonds is 5. The molecule has 3 aliphatic rings. The van der Waals surface area contributed by atoms with Crippen molar-refractivity contribution in [3.8, 4) is 17.1 Å². The number of hydrogen-bond acceptors (Lipinski definition) is 7. The lowest BCUT2D eigenvalue weighted by molar-refractivity contribution is 0.100. The van der Waals surface area contributed by atoms with Gasteiger partial charge in [-0.05, 0) is 94.8 Å². The molecule has 1 saturated carbocycles. The van der Waals surface area contributed by atoms with Gasteiger partial charge < -0.3 is 19.9 Å². The largest absolute Gasteiger partial charge is 0.477 e. The number of aromatic nitrogens is 3. The summed E-state index contributed by atoms with van der Waals surface area (Å²) in [4.78, 5) is 27.4. The Hall–Kier alpha value is -3.98. The molecule has 4 heterocycles. The van der Waals surface area contributed by atoms with E-state index in [1.807, 2.05) is 14.0 Å². The van der Waals surface area contributed by atoms with Gasteiger partial charge in [-0.1, -0.05) is 18.2 Å². The van der Waals surface area contributed by atoms with E-state index in [1.165, 1.54) is 12.8 Å². The highest BCUT2D eigenvalue weighted by Gasteiger charge is 2.36. The highest BCUT2D eigenvalue weighted by molar-refractivity contribution is 6.19. The summed E-state index contributed by atoms with van der Waals surface area (Å²) in [5, 5.41) is 7.88.